The number of pyridine rings is 1. The summed E-state index contributed by atoms with van der Waals surface area (Å²) < 4.78 is 41.2. The van der Waals surface area contributed by atoms with Crippen molar-refractivity contribution in [3.05, 3.63) is 76.7 Å². The van der Waals surface area contributed by atoms with E-state index in [1.807, 2.05) is 42.6 Å². The quantitative estimate of drug-likeness (QED) is 0.252. The van der Waals surface area contributed by atoms with Crippen molar-refractivity contribution >= 4 is 34.3 Å². The highest BCUT2D eigenvalue weighted by molar-refractivity contribution is 6.35. The molecular weight excluding hydrogens is 477 g/mol. The summed E-state index contributed by atoms with van der Waals surface area (Å²) in [7, 11) is 0. The molecule has 3 aromatic rings. The first-order valence-electron chi connectivity index (χ1n) is 11.2. The van der Waals surface area contributed by atoms with E-state index >= 15 is 0 Å². The van der Waals surface area contributed by atoms with Crippen molar-refractivity contribution in [1.29, 1.82) is 0 Å². The van der Waals surface area contributed by atoms with Gasteiger partial charge in [0.1, 0.15) is 11.5 Å². The number of H-pyrrole nitrogens is 1. The van der Waals surface area contributed by atoms with E-state index in [4.69, 9.17) is 16.6 Å². The van der Waals surface area contributed by atoms with Crippen LogP contribution >= 0.6 is 11.6 Å². The molecule has 0 bridgehead atoms. The number of fused-ring (bicyclic) bond motifs is 2. The zero-order chi connectivity index (χ0) is 24.6. The Bertz CT molecular complexity index is 1440. The van der Waals surface area contributed by atoms with Gasteiger partial charge in [0.15, 0.2) is 5.82 Å². The summed E-state index contributed by atoms with van der Waals surface area (Å²) in [4.78, 5) is 16.5. The van der Waals surface area contributed by atoms with E-state index in [1.54, 1.807) is 0 Å². The van der Waals surface area contributed by atoms with Gasteiger partial charge in [0.25, 0.3) is 0 Å². The summed E-state index contributed by atoms with van der Waals surface area (Å²) in [6.07, 6.45) is 0.524. The third kappa shape index (κ3) is 4.95. The molecule has 10 heteroatoms. The Balaban J connectivity index is 1.32. The zero-order valence-electron chi connectivity index (χ0n) is 18.8. The lowest BCUT2D eigenvalue weighted by Gasteiger charge is -2.11. The van der Waals surface area contributed by atoms with Gasteiger partial charge in [-0.3, -0.25) is 0 Å². The predicted molar refractivity (Wildman–Crippen MR) is 130 cm³/mol. The summed E-state index contributed by atoms with van der Waals surface area (Å²) in [6.45, 7) is 2.78. The predicted octanol–water partition coefficient (Wildman–Crippen LogP) is 7.07. The maximum Gasteiger partial charge on any atom is 0.416 e. The molecule has 180 valence electrons. The lowest BCUT2D eigenvalue weighted by molar-refractivity contribution is -0.137. The summed E-state index contributed by atoms with van der Waals surface area (Å²) in [5, 5.41) is 3.05. The molecule has 0 radical (unpaired) electrons. The minimum atomic E-state index is -4.49. The molecule has 3 heterocycles. The van der Waals surface area contributed by atoms with Gasteiger partial charge >= 0.3 is 6.18 Å². The van der Waals surface area contributed by atoms with E-state index in [2.05, 4.69) is 31.8 Å². The van der Waals surface area contributed by atoms with Crippen LogP contribution in [-0.2, 0) is 19.1 Å². The van der Waals surface area contributed by atoms with Crippen LogP contribution in [-0.4, -0.2) is 24.5 Å². The number of nitrogens with one attached hydrogen (secondary N) is 2. The number of benzene rings is 2. The minimum Gasteiger partial charge on any atom is -0.327 e. The Morgan fingerprint density at radius 1 is 1.06 bits per heavy atom. The van der Waals surface area contributed by atoms with E-state index < -0.39 is 11.7 Å². The molecule has 2 aliphatic heterocycles. The number of nitrogens with zero attached hydrogens (tertiary/aromatic N) is 4. The van der Waals surface area contributed by atoms with Gasteiger partial charge in [-0.15, -0.1) is 0 Å². The molecule has 0 unspecified atom stereocenters. The SMILES string of the molecule is CCCCc1nc2cccn(Cc3ccc(Nc4nc5cc(C(F)(F)F)cc(Cl)c5[nH]4)cc3)c-2n1. The van der Waals surface area contributed by atoms with Crippen LogP contribution in [0.5, 0.6) is 0 Å². The van der Waals surface area contributed by atoms with E-state index in [0.29, 0.717) is 18.0 Å². The average Bonchev–Trinajstić information content (AvgIpc) is 3.43. The number of aryl methyl sites for hydroxylation is 1. The second-order valence-corrected chi connectivity index (χ2v) is 8.75. The third-order valence-electron chi connectivity index (χ3n) is 5.70. The van der Waals surface area contributed by atoms with Crippen LogP contribution in [0.2, 0.25) is 5.02 Å². The Morgan fingerprint density at radius 2 is 1.86 bits per heavy atom. The van der Waals surface area contributed by atoms with Crippen LogP contribution in [0.3, 0.4) is 0 Å². The fraction of sp³-hybridized carbons (Fsp3) is 0.240. The van der Waals surface area contributed by atoms with Crippen LogP contribution in [0.15, 0.2) is 54.7 Å². The topological polar surface area (TPSA) is 71.4 Å². The van der Waals surface area contributed by atoms with Crippen molar-refractivity contribution in [3.63, 3.8) is 0 Å². The molecular formula is C25H22ClF3N6. The molecule has 2 N–H and O–H groups in total. The number of hydrogen-bond donors (Lipinski definition) is 2. The molecule has 0 fully saturated rings. The molecule has 6 nitrogen and oxygen atoms in total. The number of alkyl halides is 3. The minimum absolute atomic E-state index is 0.0367. The summed E-state index contributed by atoms with van der Waals surface area (Å²) in [6, 6.07) is 13.5. The molecule has 0 saturated heterocycles. The first-order valence-corrected chi connectivity index (χ1v) is 11.6. The molecule has 0 amide bonds. The summed E-state index contributed by atoms with van der Waals surface area (Å²) >= 11 is 6.04. The van der Waals surface area contributed by atoms with E-state index in [-0.39, 0.29) is 10.5 Å². The second kappa shape index (κ2) is 9.22. The maximum absolute atomic E-state index is 13.1. The van der Waals surface area contributed by atoms with Gasteiger partial charge in [-0.1, -0.05) is 37.1 Å². The van der Waals surface area contributed by atoms with E-state index in [1.165, 1.54) is 0 Å². The van der Waals surface area contributed by atoms with Gasteiger partial charge < -0.3 is 14.9 Å². The number of aromatic nitrogens is 5. The normalized spacial score (nSPS) is 12.0. The number of halogens is 4. The molecule has 1 aromatic heterocycles. The molecule has 35 heavy (non-hydrogen) atoms. The molecule has 0 aliphatic carbocycles. The smallest absolute Gasteiger partial charge is 0.327 e. The van der Waals surface area contributed by atoms with Gasteiger partial charge in [-0.05, 0) is 48.4 Å². The lowest BCUT2D eigenvalue weighted by atomic mass is 10.2. The van der Waals surface area contributed by atoms with Gasteiger partial charge in [0.05, 0.1) is 21.6 Å². The average molecular weight is 499 g/mol. The standard InChI is InChI=1S/C25H22ClF3N6/c1-2-3-6-21-31-19-5-4-11-35(23(19)33-21)14-15-7-9-17(10-8-15)30-24-32-20-13-16(25(27,28)29)12-18(26)22(20)34-24/h4-5,7-13H,2-3,6,14H2,1H3,(H2,30,32,34). The fourth-order valence-corrected chi connectivity index (χ4v) is 4.18. The number of unbranched alkanes of at least 4 members (excludes halogenated alkanes) is 1. The van der Waals surface area contributed by atoms with Gasteiger partial charge in [-0.25, -0.2) is 15.0 Å². The Labute approximate surface area is 204 Å². The monoisotopic (exact) mass is 498 g/mol. The number of aromatic amines is 1. The maximum atomic E-state index is 13.1. The molecule has 0 saturated carbocycles. The van der Waals surface area contributed by atoms with Gasteiger partial charge in [-0.2, -0.15) is 13.2 Å². The van der Waals surface area contributed by atoms with Crippen LogP contribution in [0.1, 0.15) is 36.7 Å². The van der Waals surface area contributed by atoms with Crippen LogP contribution in [0.25, 0.3) is 22.6 Å². The lowest BCUT2D eigenvalue weighted by Crippen LogP contribution is -2.04. The highest BCUT2D eigenvalue weighted by atomic mass is 35.5. The van der Waals surface area contributed by atoms with Crippen molar-refractivity contribution in [1.82, 2.24) is 24.5 Å². The Kier molecular flexibility index (Phi) is 6.10. The largest absolute Gasteiger partial charge is 0.416 e. The molecule has 0 atom stereocenters. The van der Waals surface area contributed by atoms with Crippen LogP contribution in [0, 0.1) is 0 Å². The number of imidazole rings is 2. The first-order chi connectivity index (χ1) is 16.8. The van der Waals surface area contributed by atoms with Gasteiger partial charge in [0.2, 0.25) is 5.95 Å². The van der Waals surface area contributed by atoms with E-state index in [0.717, 1.165) is 60.0 Å². The Hall–Kier alpha value is -3.59. The Morgan fingerprint density at radius 3 is 2.60 bits per heavy atom. The molecule has 5 rings (SSSR count). The van der Waals surface area contributed by atoms with Crippen molar-refractivity contribution in [2.75, 3.05) is 5.32 Å². The van der Waals surface area contributed by atoms with Crippen molar-refractivity contribution in [2.45, 2.75) is 38.9 Å². The van der Waals surface area contributed by atoms with Crippen molar-refractivity contribution in [2.24, 2.45) is 0 Å². The van der Waals surface area contributed by atoms with E-state index in [9.17, 15) is 13.2 Å². The van der Waals surface area contributed by atoms with Crippen molar-refractivity contribution < 1.29 is 13.2 Å². The summed E-state index contributed by atoms with van der Waals surface area (Å²) in [5.41, 5.74) is 2.33. The fourth-order valence-electron chi connectivity index (χ4n) is 3.92. The number of rotatable bonds is 7. The van der Waals surface area contributed by atoms with Crippen molar-refractivity contribution in [3.8, 4) is 11.5 Å². The molecule has 2 aliphatic rings. The van der Waals surface area contributed by atoms with Crippen LogP contribution < -0.4 is 5.32 Å². The second-order valence-electron chi connectivity index (χ2n) is 8.35. The number of anilines is 2. The highest BCUT2D eigenvalue weighted by Crippen LogP contribution is 2.35. The summed E-state index contributed by atoms with van der Waals surface area (Å²) in [5.74, 6) is 2.03. The molecule has 2 aromatic carbocycles. The highest BCUT2D eigenvalue weighted by Gasteiger charge is 2.31. The third-order valence-corrected chi connectivity index (χ3v) is 6.00. The van der Waals surface area contributed by atoms with Crippen LogP contribution in [0.4, 0.5) is 24.8 Å². The first kappa shape index (κ1) is 23.2. The molecule has 0 spiro atoms. The zero-order valence-corrected chi connectivity index (χ0v) is 19.6. The van der Waals surface area contributed by atoms with Gasteiger partial charge in [0, 0.05) is 24.8 Å². The number of hydrogen-bond acceptors (Lipinski definition) is 4.